The third-order valence-corrected chi connectivity index (χ3v) is 5.20. The number of carbonyl (C=O) groups excluding carboxylic acids is 3. The zero-order valence-electron chi connectivity index (χ0n) is 17.2. The minimum Gasteiger partial charge on any atom is -0.467 e. The molecule has 1 N–H and O–H groups in total. The molecule has 4 aromatic rings. The number of amides is 3. The largest absolute Gasteiger partial charge is 0.467 e. The lowest BCUT2D eigenvalue weighted by atomic mass is 10.1. The molecule has 10 nitrogen and oxygen atoms in total. The molecule has 0 radical (unpaired) electrons. The molecule has 2 aromatic heterocycles. The molecule has 0 atom stereocenters. The molecule has 1 aliphatic rings. The zero-order valence-corrected chi connectivity index (χ0v) is 17.2. The van der Waals surface area contributed by atoms with E-state index in [9.17, 15) is 18.8 Å². The van der Waals surface area contributed by atoms with Crippen LogP contribution in [0.25, 0.3) is 5.69 Å². The number of tetrazole rings is 1. The molecule has 2 aromatic carbocycles. The molecular weight excluding hydrogens is 431 g/mol. The topological polar surface area (TPSA) is 123 Å². The van der Waals surface area contributed by atoms with Gasteiger partial charge in [0.15, 0.2) is 5.82 Å². The summed E-state index contributed by atoms with van der Waals surface area (Å²) in [7, 11) is 0. The Morgan fingerprint density at radius 2 is 1.91 bits per heavy atom. The summed E-state index contributed by atoms with van der Waals surface area (Å²) in [6.07, 6.45) is 1.45. The van der Waals surface area contributed by atoms with E-state index in [1.54, 1.807) is 19.1 Å². The van der Waals surface area contributed by atoms with Gasteiger partial charge >= 0.3 is 0 Å². The molecule has 164 valence electrons. The van der Waals surface area contributed by atoms with Crippen molar-refractivity contribution >= 4 is 23.4 Å². The van der Waals surface area contributed by atoms with Crippen LogP contribution in [-0.4, -0.2) is 42.8 Å². The Labute approximate surface area is 185 Å². The van der Waals surface area contributed by atoms with Gasteiger partial charge in [0.1, 0.15) is 11.6 Å². The Morgan fingerprint density at radius 1 is 1.09 bits per heavy atom. The average Bonchev–Trinajstić information content (AvgIpc) is 3.53. The van der Waals surface area contributed by atoms with Crippen molar-refractivity contribution in [2.24, 2.45) is 0 Å². The summed E-state index contributed by atoms with van der Waals surface area (Å²) in [4.78, 5) is 39.3. The monoisotopic (exact) mass is 446 g/mol. The second kappa shape index (κ2) is 7.79. The van der Waals surface area contributed by atoms with E-state index >= 15 is 0 Å². The highest BCUT2D eigenvalue weighted by molar-refractivity contribution is 6.22. The molecule has 0 bridgehead atoms. The highest BCUT2D eigenvalue weighted by atomic mass is 19.1. The molecule has 3 heterocycles. The number of imide groups is 1. The van der Waals surface area contributed by atoms with Crippen molar-refractivity contribution in [3.05, 3.63) is 88.9 Å². The van der Waals surface area contributed by atoms with Crippen LogP contribution in [0.5, 0.6) is 0 Å². The molecule has 3 amide bonds. The summed E-state index contributed by atoms with van der Waals surface area (Å²) < 4.78 is 21.0. The molecule has 0 spiro atoms. The van der Waals surface area contributed by atoms with E-state index in [2.05, 4.69) is 20.8 Å². The number of fused-ring (bicyclic) bond motifs is 1. The number of furan rings is 1. The first kappa shape index (κ1) is 20.2. The number of nitrogens with one attached hydrogen (secondary N) is 1. The van der Waals surface area contributed by atoms with E-state index in [1.165, 1.54) is 47.3 Å². The Morgan fingerprint density at radius 3 is 2.64 bits per heavy atom. The third-order valence-electron chi connectivity index (χ3n) is 5.20. The number of aromatic nitrogens is 4. The van der Waals surface area contributed by atoms with Gasteiger partial charge < -0.3 is 9.73 Å². The van der Waals surface area contributed by atoms with Gasteiger partial charge in [-0.3, -0.25) is 19.3 Å². The first-order chi connectivity index (χ1) is 15.9. The van der Waals surface area contributed by atoms with Gasteiger partial charge in [0.2, 0.25) is 0 Å². The molecule has 33 heavy (non-hydrogen) atoms. The van der Waals surface area contributed by atoms with Gasteiger partial charge in [0, 0.05) is 5.56 Å². The van der Waals surface area contributed by atoms with Crippen LogP contribution < -0.4 is 5.32 Å². The summed E-state index contributed by atoms with van der Waals surface area (Å²) in [5.41, 5.74) is 0.744. The predicted octanol–water partition coefficient (Wildman–Crippen LogP) is 2.75. The van der Waals surface area contributed by atoms with Crippen LogP contribution in [0, 0.1) is 12.7 Å². The standard InChI is InChI=1S/C22H15FN6O4/c1-12-25-26-27-29(12)14-5-7-18(23)19(10-14)24-20(30)13-4-6-16-17(9-13)22(32)28(21(16)31)11-15-3-2-8-33-15/h2-10H,11H2,1H3,(H,24,30). The van der Waals surface area contributed by atoms with E-state index in [1.807, 2.05) is 0 Å². The molecule has 0 aliphatic carbocycles. The van der Waals surface area contributed by atoms with Crippen molar-refractivity contribution in [3.63, 3.8) is 0 Å². The van der Waals surface area contributed by atoms with Crippen molar-refractivity contribution in [3.8, 4) is 5.69 Å². The molecule has 5 rings (SSSR count). The lowest BCUT2D eigenvalue weighted by molar-refractivity contribution is 0.0631. The highest BCUT2D eigenvalue weighted by Crippen LogP contribution is 2.27. The number of benzene rings is 2. The fourth-order valence-corrected chi connectivity index (χ4v) is 3.54. The number of hydrogen-bond donors (Lipinski definition) is 1. The number of carbonyl (C=O) groups is 3. The van der Waals surface area contributed by atoms with E-state index in [-0.39, 0.29) is 28.9 Å². The SMILES string of the molecule is Cc1nnnn1-c1ccc(F)c(NC(=O)c2ccc3c(c2)C(=O)N(Cc2ccco2)C3=O)c1. The number of nitrogens with zero attached hydrogens (tertiary/aromatic N) is 5. The number of anilines is 1. The second-order valence-corrected chi connectivity index (χ2v) is 7.29. The van der Waals surface area contributed by atoms with Gasteiger partial charge in [-0.05, 0) is 65.9 Å². The molecule has 1 aliphatic heterocycles. The van der Waals surface area contributed by atoms with Crippen LogP contribution in [0.15, 0.2) is 59.2 Å². The third kappa shape index (κ3) is 3.55. The summed E-state index contributed by atoms with van der Waals surface area (Å²) in [6, 6.07) is 11.5. The van der Waals surface area contributed by atoms with Crippen molar-refractivity contribution in [1.29, 1.82) is 0 Å². The van der Waals surface area contributed by atoms with Gasteiger partial charge in [-0.1, -0.05) is 0 Å². The second-order valence-electron chi connectivity index (χ2n) is 7.29. The quantitative estimate of drug-likeness (QED) is 0.468. The molecule has 0 saturated heterocycles. The number of hydrogen-bond acceptors (Lipinski definition) is 7. The van der Waals surface area contributed by atoms with Crippen molar-refractivity contribution in [2.45, 2.75) is 13.5 Å². The lowest BCUT2D eigenvalue weighted by Gasteiger charge is -2.11. The maximum Gasteiger partial charge on any atom is 0.261 e. The Bertz CT molecular complexity index is 1410. The minimum absolute atomic E-state index is 0.0184. The van der Waals surface area contributed by atoms with E-state index in [0.29, 0.717) is 17.3 Å². The smallest absolute Gasteiger partial charge is 0.261 e. The van der Waals surface area contributed by atoms with Crippen molar-refractivity contribution in [1.82, 2.24) is 25.1 Å². The summed E-state index contributed by atoms with van der Waals surface area (Å²) in [5.74, 6) is -1.38. The van der Waals surface area contributed by atoms with Gasteiger partial charge in [-0.15, -0.1) is 5.10 Å². The highest BCUT2D eigenvalue weighted by Gasteiger charge is 2.36. The first-order valence-corrected chi connectivity index (χ1v) is 9.81. The van der Waals surface area contributed by atoms with Gasteiger partial charge in [-0.2, -0.15) is 4.68 Å². The Kier molecular flexibility index (Phi) is 4.78. The fraction of sp³-hybridized carbons (Fsp3) is 0.0909. The maximum absolute atomic E-state index is 14.4. The maximum atomic E-state index is 14.4. The summed E-state index contributed by atoms with van der Waals surface area (Å²) >= 11 is 0. The lowest BCUT2D eigenvalue weighted by Crippen LogP contribution is -2.28. The molecule has 0 saturated carbocycles. The van der Waals surface area contributed by atoms with E-state index in [4.69, 9.17) is 4.42 Å². The van der Waals surface area contributed by atoms with E-state index < -0.39 is 23.5 Å². The number of rotatable bonds is 5. The van der Waals surface area contributed by atoms with Gasteiger partial charge in [0.05, 0.1) is 35.3 Å². The van der Waals surface area contributed by atoms with Crippen LogP contribution in [0.4, 0.5) is 10.1 Å². The molecule has 0 unspecified atom stereocenters. The van der Waals surface area contributed by atoms with Gasteiger partial charge in [0.25, 0.3) is 17.7 Å². The number of aryl methyl sites for hydroxylation is 1. The predicted molar refractivity (Wildman–Crippen MR) is 111 cm³/mol. The molecule has 0 fully saturated rings. The zero-order chi connectivity index (χ0) is 23.1. The minimum atomic E-state index is -0.658. The Balaban J connectivity index is 1.39. The first-order valence-electron chi connectivity index (χ1n) is 9.81. The van der Waals surface area contributed by atoms with Crippen LogP contribution in [0.3, 0.4) is 0 Å². The van der Waals surface area contributed by atoms with Crippen LogP contribution >= 0.6 is 0 Å². The van der Waals surface area contributed by atoms with Crippen molar-refractivity contribution in [2.75, 3.05) is 5.32 Å². The summed E-state index contributed by atoms with van der Waals surface area (Å²) in [5, 5.41) is 13.6. The van der Waals surface area contributed by atoms with E-state index in [0.717, 1.165) is 4.90 Å². The van der Waals surface area contributed by atoms with Crippen LogP contribution in [-0.2, 0) is 6.54 Å². The Hall–Kier alpha value is -4.67. The van der Waals surface area contributed by atoms with Gasteiger partial charge in [-0.25, -0.2) is 4.39 Å². The summed E-state index contributed by atoms with van der Waals surface area (Å²) in [6.45, 7) is 1.66. The normalized spacial score (nSPS) is 12.8. The average molecular weight is 446 g/mol. The van der Waals surface area contributed by atoms with Crippen molar-refractivity contribution < 1.29 is 23.2 Å². The fourth-order valence-electron chi connectivity index (χ4n) is 3.54. The molecular formula is C22H15FN6O4. The molecule has 11 heteroatoms. The number of halogens is 1. The van der Waals surface area contributed by atoms with Crippen LogP contribution in [0.1, 0.15) is 42.7 Å². The van der Waals surface area contributed by atoms with Crippen LogP contribution in [0.2, 0.25) is 0 Å².